The number of hydrogen-bond donors (Lipinski definition) is 1. The highest BCUT2D eigenvalue weighted by Crippen LogP contribution is 2.29. The predicted octanol–water partition coefficient (Wildman–Crippen LogP) is 1.03. The molecule has 138 valence electrons. The first-order valence-electron chi connectivity index (χ1n) is 8.95. The SMILES string of the molecule is CC(C(=O)NC1CC1)N1CCN(c2nc3ccccn3c2[N+](=O)[O-])CC1. The molecule has 1 amide bonds. The summed E-state index contributed by atoms with van der Waals surface area (Å²) in [7, 11) is 0. The Bertz CT molecular complexity index is 838. The molecule has 4 rings (SSSR count). The van der Waals surface area contributed by atoms with Gasteiger partial charge in [-0.2, -0.15) is 9.38 Å². The third-order valence-corrected chi connectivity index (χ3v) is 5.12. The standard InChI is InChI=1S/C17H22N6O3/c1-12(16(24)18-13-5-6-13)20-8-10-21(11-9-20)15-17(23(25)26)22-7-3-2-4-14(22)19-15/h2-4,7,12-13H,5-6,8-11H2,1H3,(H,18,24). The van der Waals surface area contributed by atoms with Crippen LogP contribution in [0.25, 0.3) is 5.65 Å². The first kappa shape index (κ1) is 16.8. The Morgan fingerprint density at radius 1 is 1.31 bits per heavy atom. The van der Waals surface area contributed by atoms with Gasteiger partial charge in [-0.25, -0.2) is 0 Å². The van der Waals surface area contributed by atoms with Crippen LogP contribution in [0.2, 0.25) is 0 Å². The lowest BCUT2D eigenvalue weighted by atomic mass is 10.2. The molecule has 26 heavy (non-hydrogen) atoms. The number of rotatable bonds is 5. The first-order chi connectivity index (χ1) is 12.5. The molecule has 1 saturated carbocycles. The summed E-state index contributed by atoms with van der Waals surface area (Å²) in [6.07, 6.45) is 3.80. The average Bonchev–Trinajstić information content (AvgIpc) is 3.37. The largest absolute Gasteiger partial charge is 0.372 e. The van der Waals surface area contributed by atoms with E-state index in [0.717, 1.165) is 12.8 Å². The van der Waals surface area contributed by atoms with Gasteiger partial charge in [0.25, 0.3) is 0 Å². The number of piperazine rings is 1. The van der Waals surface area contributed by atoms with E-state index >= 15 is 0 Å². The van der Waals surface area contributed by atoms with E-state index in [4.69, 9.17) is 0 Å². The van der Waals surface area contributed by atoms with Crippen molar-refractivity contribution in [3.8, 4) is 0 Å². The zero-order valence-corrected chi connectivity index (χ0v) is 14.7. The number of fused-ring (bicyclic) bond motifs is 1. The molecule has 1 atom stereocenters. The van der Waals surface area contributed by atoms with Gasteiger partial charge in [0.05, 0.1) is 12.2 Å². The number of nitrogens with zero attached hydrogens (tertiary/aromatic N) is 5. The summed E-state index contributed by atoms with van der Waals surface area (Å²) in [5.74, 6) is 0.462. The molecule has 1 aliphatic carbocycles. The first-order valence-corrected chi connectivity index (χ1v) is 8.95. The molecule has 2 aromatic heterocycles. The molecule has 0 aromatic carbocycles. The molecular formula is C17H22N6O3. The molecular weight excluding hydrogens is 336 g/mol. The van der Waals surface area contributed by atoms with Crippen LogP contribution in [0.3, 0.4) is 0 Å². The fraction of sp³-hybridized carbons (Fsp3) is 0.529. The number of aromatic nitrogens is 2. The van der Waals surface area contributed by atoms with Gasteiger partial charge in [-0.3, -0.25) is 9.69 Å². The van der Waals surface area contributed by atoms with Gasteiger partial charge >= 0.3 is 5.82 Å². The van der Waals surface area contributed by atoms with E-state index in [-0.39, 0.29) is 22.7 Å². The number of nitrogens with one attached hydrogen (secondary N) is 1. The number of pyridine rings is 1. The Kier molecular flexibility index (Phi) is 4.23. The van der Waals surface area contributed by atoms with Crippen molar-refractivity contribution >= 4 is 23.2 Å². The Hall–Kier alpha value is -2.68. The van der Waals surface area contributed by atoms with Crippen LogP contribution >= 0.6 is 0 Å². The van der Waals surface area contributed by atoms with Crippen LogP contribution in [-0.2, 0) is 4.79 Å². The smallest absolute Gasteiger partial charge is 0.358 e. The van der Waals surface area contributed by atoms with Crippen molar-refractivity contribution in [2.24, 2.45) is 0 Å². The molecule has 1 aliphatic heterocycles. The van der Waals surface area contributed by atoms with Crippen LogP contribution in [0, 0.1) is 10.1 Å². The highest BCUT2D eigenvalue weighted by Gasteiger charge is 2.33. The molecule has 1 saturated heterocycles. The molecule has 0 spiro atoms. The molecule has 2 aromatic rings. The second-order valence-corrected chi connectivity index (χ2v) is 6.93. The summed E-state index contributed by atoms with van der Waals surface area (Å²) < 4.78 is 1.51. The fourth-order valence-corrected chi connectivity index (χ4v) is 3.39. The van der Waals surface area contributed by atoms with Gasteiger partial charge in [0, 0.05) is 38.3 Å². The zero-order valence-electron chi connectivity index (χ0n) is 14.7. The van der Waals surface area contributed by atoms with Crippen molar-refractivity contribution < 1.29 is 9.72 Å². The molecule has 1 unspecified atom stereocenters. The second kappa shape index (κ2) is 6.56. The molecule has 0 radical (unpaired) electrons. The topological polar surface area (TPSA) is 96.0 Å². The van der Waals surface area contributed by atoms with Crippen molar-refractivity contribution in [3.63, 3.8) is 0 Å². The lowest BCUT2D eigenvalue weighted by Gasteiger charge is -2.37. The maximum Gasteiger partial charge on any atom is 0.372 e. The van der Waals surface area contributed by atoms with Gasteiger partial charge in [0.1, 0.15) is 0 Å². The van der Waals surface area contributed by atoms with Crippen LogP contribution in [0.1, 0.15) is 19.8 Å². The lowest BCUT2D eigenvalue weighted by molar-refractivity contribution is -0.389. The zero-order chi connectivity index (χ0) is 18.3. The van der Waals surface area contributed by atoms with Gasteiger partial charge in [0.2, 0.25) is 17.4 Å². The van der Waals surface area contributed by atoms with Crippen LogP contribution < -0.4 is 10.2 Å². The van der Waals surface area contributed by atoms with Crippen molar-refractivity contribution in [3.05, 3.63) is 34.5 Å². The van der Waals surface area contributed by atoms with Crippen LogP contribution in [0.15, 0.2) is 24.4 Å². The maximum absolute atomic E-state index is 12.2. The highest BCUT2D eigenvalue weighted by molar-refractivity contribution is 5.82. The Balaban J connectivity index is 1.48. The molecule has 9 heteroatoms. The van der Waals surface area contributed by atoms with E-state index in [0.29, 0.717) is 43.7 Å². The molecule has 1 N–H and O–H groups in total. The van der Waals surface area contributed by atoms with Crippen molar-refractivity contribution in [2.45, 2.75) is 31.8 Å². The van der Waals surface area contributed by atoms with Gasteiger partial charge in [-0.05, 0) is 30.8 Å². The Morgan fingerprint density at radius 2 is 2.04 bits per heavy atom. The van der Waals surface area contributed by atoms with Gasteiger partial charge in [-0.1, -0.05) is 6.07 Å². The monoisotopic (exact) mass is 358 g/mol. The minimum Gasteiger partial charge on any atom is -0.358 e. The number of amides is 1. The number of imidazole rings is 1. The number of anilines is 1. The van der Waals surface area contributed by atoms with Crippen LogP contribution in [-0.4, -0.2) is 63.4 Å². The van der Waals surface area contributed by atoms with E-state index in [2.05, 4.69) is 15.2 Å². The summed E-state index contributed by atoms with van der Waals surface area (Å²) in [6.45, 7) is 4.47. The predicted molar refractivity (Wildman–Crippen MR) is 96.3 cm³/mol. The van der Waals surface area contributed by atoms with Gasteiger partial charge in [0.15, 0.2) is 0 Å². The minimum absolute atomic E-state index is 0.00595. The molecule has 3 heterocycles. The summed E-state index contributed by atoms with van der Waals surface area (Å²) in [4.78, 5) is 31.9. The third-order valence-electron chi connectivity index (χ3n) is 5.12. The lowest BCUT2D eigenvalue weighted by Crippen LogP contribution is -2.54. The van der Waals surface area contributed by atoms with E-state index in [1.165, 1.54) is 4.40 Å². The summed E-state index contributed by atoms with van der Waals surface area (Å²) in [5.41, 5.74) is 0.564. The quantitative estimate of drug-likeness (QED) is 0.634. The molecule has 0 bridgehead atoms. The summed E-state index contributed by atoms with van der Waals surface area (Å²) in [6, 6.07) is 5.50. The van der Waals surface area contributed by atoms with E-state index in [1.807, 2.05) is 17.9 Å². The van der Waals surface area contributed by atoms with E-state index in [9.17, 15) is 14.9 Å². The number of nitro groups is 1. The Morgan fingerprint density at radius 3 is 2.69 bits per heavy atom. The molecule has 9 nitrogen and oxygen atoms in total. The van der Waals surface area contributed by atoms with Crippen molar-refractivity contribution in [2.75, 3.05) is 31.1 Å². The van der Waals surface area contributed by atoms with Gasteiger partial charge in [-0.15, -0.1) is 0 Å². The summed E-state index contributed by atoms with van der Waals surface area (Å²) in [5, 5.41) is 14.6. The second-order valence-electron chi connectivity index (χ2n) is 6.93. The molecule has 2 fully saturated rings. The van der Waals surface area contributed by atoms with Crippen LogP contribution in [0.4, 0.5) is 11.6 Å². The minimum atomic E-state index is -0.382. The van der Waals surface area contributed by atoms with Crippen LogP contribution in [0.5, 0.6) is 0 Å². The normalized spacial score (nSPS) is 19.5. The third kappa shape index (κ3) is 3.10. The fourth-order valence-electron chi connectivity index (χ4n) is 3.39. The molecule has 2 aliphatic rings. The number of hydrogen-bond acceptors (Lipinski definition) is 6. The van der Waals surface area contributed by atoms with E-state index in [1.54, 1.807) is 18.3 Å². The average molecular weight is 358 g/mol. The maximum atomic E-state index is 12.2. The highest BCUT2D eigenvalue weighted by atomic mass is 16.6. The van der Waals surface area contributed by atoms with Gasteiger partial charge < -0.3 is 20.3 Å². The number of carbonyl (C=O) groups excluding carboxylic acids is 1. The van der Waals surface area contributed by atoms with Crippen molar-refractivity contribution in [1.29, 1.82) is 0 Å². The number of carbonyl (C=O) groups is 1. The summed E-state index contributed by atoms with van der Waals surface area (Å²) >= 11 is 0. The van der Waals surface area contributed by atoms with E-state index < -0.39 is 0 Å². The van der Waals surface area contributed by atoms with Crippen molar-refractivity contribution in [1.82, 2.24) is 19.6 Å². The Labute approximate surface area is 150 Å².